The van der Waals surface area contributed by atoms with Crippen LogP contribution in [0.15, 0.2) is 47.5 Å². The Morgan fingerprint density at radius 2 is 1.82 bits per heavy atom. The lowest BCUT2D eigenvalue weighted by Gasteiger charge is -2.27. The first-order chi connectivity index (χ1) is 17.7. The van der Waals surface area contributed by atoms with Gasteiger partial charge in [-0.2, -0.15) is 22.6 Å². The van der Waals surface area contributed by atoms with Crippen LogP contribution in [0.25, 0.3) is 11.4 Å². The Labute approximate surface area is 213 Å². The van der Waals surface area contributed by atoms with Crippen molar-refractivity contribution in [3.05, 3.63) is 65.5 Å². The minimum absolute atomic E-state index is 0.0556. The number of hydrogen-bond acceptors (Lipinski definition) is 5. The summed E-state index contributed by atoms with van der Waals surface area (Å²) < 4.78 is 109. The maximum absolute atomic E-state index is 14.6. The molecule has 1 aromatic carbocycles. The summed E-state index contributed by atoms with van der Waals surface area (Å²) in [5.74, 6) is -2.48. The third-order valence-electron chi connectivity index (χ3n) is 6.19. The van der Waals surface area contributed by atoms with Gasteiger partial charge in [-0.15, -0.1) is 0 Å². The minimum Gasteiger partial charge on any atom is -0.351 e. The summed E-state index contributed by atoms with van der Waals surface area (Å²) in [6.45, 7) is 0.799. The molecule has 4 rings (SSSR count). The molecule has 1 saturated heterocycles. The normalized spacial score (nSPS) is 20.6. The quantitative estimate of drug-likeness (QED) is 0.464. The molecular formula is C23H21F6N5O3S. The second-order valence-corrected chi connectivity index (χ2v) is 10.6. The number of halogens is 6. The number of aryl methyl sites for hydroxylation is 1. The van der Waals surface area contributed by atoms with Gasteiger partial charge < -0.3 is 5.32 Å². The number of benzene rings is 1. The number of pyridine rings is 1. The number of alkyl halides is 4. The van der Waals surface area contributed by atoms with E-state index in [2.05, 4.69) is 15.4 Å². The number of hydrogen-bond donors (Lipinski definition) is 1. The monoisotopic (exact) mass is 561 g/mol. The summed E-state index contributed by atoms with van der Waals surface area (Å²) in [7, 11) is -3.15. The van der Waals surface area contributed by atoms with Gasteiger partial charge in [0.1, 0.15) is 23.8 Å². The summed E-state index contributed by atoms with van der Waals surface area (Å²) in [6.07, 6.45) is -6.10. The number of carbonyl (C=O) groups excluding carboxylic acids is 1. The van der Waals surface area contributed by atoms with Crippen LogP contribution in [0.4, 0.5) is 26.3 Å². The number of aromatic nitrogens is 3. The van der Waals surface area contributed by atoms with Crippen LogP contribution in [0.3, 0.4) is 0 Å². The van der Waals surface area contributed by atoms with Crippen molar-refractivity contribution in [2.24, 2.45) is 7.05 Å². The van der Waals surface area contributed by atoms with E-state index in [-0.39, 0.29) is 21.8 Å². The lowest BCUT2D eigenvalue weighted by molar-refractivity contribution is -0.141. The molecule has 3 heterocycles. The van der Waals surface area contributed by atoms with E-state index in [9.17, 15) is 39.6 Å². The Morgan fingerprint density at radius 1 is 1.16 bits per heavy atom. The topological polar surface area (TPSA) is 97.2 Å². The van der Waals surface area contributed by atoms with Gasteiger partial charge in [-0.25, -0.2) is 21.6 Å². The maximum atomic E-state index is 14.6. The van der Waals surface area contributed by atoms with Gasteiger partial charge in [-0.05, 0) is 43.3 Å². The summed E-state index contributed by atoms with van der Waals surface area (Å²) >= 11 is 0. The Kier molecular flexibility index (Phi) is 7.27. The lowest BCUT2D eigenvalue weighted by Crippen LogP contribution is -2.48. The van der Waals surface area contributed by atoms with Crippen LogP contribution in [-0.4, -0.2) is 51.7 Å². The molecule has 1 amide bonds. The zero-order valence-corrected chi connectivity index (χ0v) is 20.7. The SMILES string of the molecule is C[C@H]1[C@H](F)C[C@@H](C(=O)NCc2cc(-c3cc(C(F)(F)F)nn3C)ncc2F)N1S(=O)(=O)c1ccc(F)cc1. The molecule has 1 aliphatic heterocycles. The summed E-state index contributed by atoms with van der Waals surface area (Å²) in [4.78, 5) is 16.4. The molecule has 204 valence electrons. The zero-order chi connectivity index (χ0) is 28.0. The first kappa shape index (κ1) is 27.6. The van der Waals surface area contributed by atoms with Gasteiger partial charge in [0.05, 0.1) is 28.5 Å². The molecule has 0 radical (unpaired) electrons. The molecule has 38 heavy (non-hydrogen) atoms. The van der Waals surface area contributed by atoms with E-state index in [0.29, 0.717) is 4.31 Å². The Hall–Kier alpha value is -3.46. The molecule has 0 bridgehead atoms. The fourth-order valence-electron chi connectivity index (χ4n) is 4.20. The van der Waals surface area contributed by atoms with Crippen molar-refractivity contribution in [1.82, 2.24) is 24.4 Å². The molecule has 0 aliphatic carbocycles. The standard InChI is InChI=1S/C23H21F6N5O3S/c1-12-16(25)8-20(34(12)38(36,37)15-5-3-14(24)4-6-15)22(35)31-10-13-7-18(30-11-17(13)26)19-9-21(23(27,28)29)32-33(19)2/h3-7,9,11-12,16,20H,8,10H2,1-2H3,(H,31,35)/t12-,16+,20-/m0/s1. The highest BCUT2D eigenvalue weighted by Gasteiger charge is 2.49. The number of nitrogens with one attached hydrogen (secondary N) is 1. The highest BCUT2D eigenvalue weighted by Crippen LogP contribution is 2.34. The van der Waals surface area contributed by atoms with Gasteiger partial charge >= 0.3 is 6.18 Å². The fraction of sp³-hybridized carbons (Fsp3) is 0.348. The number of rotatable bonds is 6. The Morgan fingerprint density at radius 3 is 2.42 bits per heavy atom. The molecule has 8 nitrogen and oxygen atoms in total. The first-order valence-electron chi connectivity index (χ1n) is 11.2. The molecule has 0 spiro atoms. The first-order valence-corrected chi connectivity index (χ1v) is 12.6. The van der Waals surface area contributed by atoms with Gasteiger partial charge in [0, 0.05) is 25.6 Å². The third-order valence-corrected chi connectivity index (χ3v) is 8.20. The summed E-state index contributed by atoms with van der Waals surface area (Å²) in [5, 5.41) is 5.75. The van der Waals surface area contributed by atoms with Crippen LogP contribution in [-0.2, 0) is 34.6 Å². The van der Waals surface area contributed by atoms with E-state index in [0.717, 1.165) is 47.3 Å². The predicted molar refractivity (Wildman–Crippen MR) is 121 cm³/mol. The van der Waals surface area contributed by atoms with E-state index in [4.69, 9.17) is 0 Å². The van der Waals surface area contributed by atoms with Crippen LogP contribution in [0.1, 0.15) is 24.6 Å². The molecule has 3 aromatic rings. The van der Waals surface area contributed by atoms with Gasteiger partial charge in [0.15, 0.2) is 5.69 Å². The second-order valence-electron chi connectivity index (χ2n) is 8.71. The molecule has 1 N–H and O–H groups in total. The van der Waals surface area contributed by atoms with Crippen LogP contribution >= 0.6 is 0 Å². The number of amides is 1. The van der Waals surface area contributed by atoms with Gasteiger partial charge in [0.2, 0.25) is 15.9 Å². The zero-order valence-electron chi connectivity index (χ0n) is 19.9. The van der Waals surface area contributed by atoms with Crippen LogP contribution in [0.5, 0.6) is 0 Å². The largest absolute Gasteiger partial charge is 0.435 e. The van der Waals surface area contributed by atoms with E-state index >= 15 is 0 Å². The molecule has 1 aliphatic rings. The molecule has 3 atom stereocenters. The Bertz CT molecular complexity index is 1460. The van der Waals surface area contributed by atoms with E-state index in [1.807, 2.05) is 0 Å². The fourth-order valence-corrected chi connectivity index (χ4v) is 6.01. The van der Waals surface area contributed by atoms with Crippen molar-refractivity contribution < 1.29 is 39.6 Å². The van der Waals surface area contributed by atoms with Crippen molar-refractivity contribution in [2.45, 2.75) is 49.2 Å². The summed E-state index contributed by atoms with van der Waals surface area (Å²) in [5.41, 5.74) is -1.45. The highest BCUT2D eigenvalue weighted by molar-refractivity contribution is 7.89. The number of sulfonamides is 1. The van der Waals surface area contributed by atoms with E-state index in [1.54, 1.807) is 0 Å². The average Bonchev–Trinajstić information content (AvgIpc) is 3.38. The summed E-state index contributed by atoms with van der Waals surface area (Å²) in [6, 6.07) is 2.99. The Balaban J connectivity index is 1.56. The van der Waals surface area contributed by atoms with Gasteiger partial charge in [0.25, 0.3) is 0 Å². The minimum atomic E-state index is -4.71. The molecular weight excluding hydrogens is 540 g/mol. The lowest BCUT2D eigenvalue weighted by atomic mass is 10.1. The van der Waals surface area contributed by atoms with E-state index in [1.165, 1.54) is 14.0 Å². The van der Waals surface area contributed by atoms with Gasteiger partial charge in [-0.3, -0.25) is 14.5 Å². The van der Waals surface area contributed by atoms with Crippen molar-refractivity contribution in [3.8, 4) is 11.4 Å². The predicted octanol–water partition coefficient (Wildman–Crippen LogP) is 3.59. The molecule has 0 saturated carbocycles. The molecule has 2 aromatic heterocycles. The molecule has 0 unspecified atom stereocenters. The van der Waals surface area contributed by atoms with Gasteiger partial charge in [-0.1, -0.05) is 0 Å². The van der Waals surface area contributed by atoms with Crippen molar-refractivity contribution in [2.75, 3.05) is 0 Å². The number of carbonyl (C=O) groups is 1. The van der Waals surface area contributed by atoms with Crippen LogP contribution in [0.2, 0.25) is 0 Å². The van der Waals surface area contributed by atoms with Crippen molar-refractivity contribution in [1.29, 1.82) is 0 Å². The molecule has 15 heteroatoms. The number of nitrogens with zero attached hydrogens (tertiary/aromatic N) is 4. The smallest absolute Gasteiger partial charge is 0.351 e. The van der Waals surface area contributed by atoms with E-state index < -0.39 is 70.7 Å². The molecule has 1 fully saturated rings. The second kappa shape index (κ2) is 10.0. The average molecular weight is 562 g/mol. The van der Waals surface area contributed by atoms with Crippen LogP contribution < -0.4 is 5.32 Å². The van der Waals surface area contributed by atoms with Crippen molar-refractivity contribution >= 4 is 15.9 Å². The van der Waals surface area contributed by atoms with Crippen LogP contribution in [0, 0.1) is 11.6 Å². The maximum Gasteiger partial charge on any atom is 0.435 e. The highest BCUT2D eigenvalue weighted by atomic mass is 32.2. The third kappa shape index (κ3) is 5.25. The van der Waals surface area contributed by atoms with Crippen molar-refractivity contribution in [3.63, 3.8) is 0 Å².